The lowest BCUT2D eigenvalue weighted by atomic mass is 10.2. The summed E-state index contributed by atoms with van der Waals surface area (Å²) in [5, 5.41) is 8.98. The van der Waals surface area contributed by atoms with Crippen molar-refractivity contribution in [1.82, 2.24) is 15.1 Å². The second kappa shape index (κ2) is 8.34. The highest BCUT2D eigenvalue weighted by atomic mass is 35.5. The van der Waals surface area contributed by atoms with Crippen LogP contribution in [-0.4, -0.2) is 28.1 Å². The maximum atomic E-state index is 12.4. The molecule has 3 rings (SSSR count). The Kier molecular flexibility index (Phi) is 5.91. The predicted molar refractivity (Wildman–Crippen MR) is 101 cm³/mol. The smallest absolute Gasteiger partial charge is 0.247 e. The molecule has 0 radical (unpaired) electrons. The second-order valence-electron chi connectivity index (χ2n) is 5.83. The van der Waals surface area contributed by atoms with Crippen molar-refractivity contribution in [3.05, 3.63) is 70.0 Å². The van der Waals surface area contributed by atoms with Crippen LogP contribution in [-0.2, 0) is 17.8 Å². The molecule has 1 aromatic heterocycles. The van der Waals surface area contributed by atoms with Crippen LogP contribution in [0.1, 0.15) is 17.9 Å². The minimum atomic E-state index is -0.0412. The first-order valence-electron chi connectivity index (χ1n) is 8.09. The van der Waals surface area contributed by atoms with Crippen LogP contribution in [0.3, 0.4) is 0 Å². The summed E-state index contributed by atoms with van der Waals surface area (Å²) in [5.74, 6) is 0.846. The van der Waals surface area contributed by atoms with Gasteiger partial charge in [-0.25, -0.2) is 0 Å². The van der Waals surface area contributed by atoms with Crippen molar-refractivity contribution in [2.75, 3.05) is 7.05 Å². The van der Waals surface area contributed by atoms with Crippen LogP contribution in [0.4, 0.5) is 0 Å². The number of hydrogen-bond donors (Lipinski definition) is 0. The Morgan fingerprint density at radius 2 is 1.85 bits per heavy atom. The van der Waals surface area contributed by atoms with Crippen LogP contribution in [0.2, 0.25) is 10.0 Å². The van der Waals surface area contributed by atoms with Gasteiger partial charge in [0.15, 0.2) is 0 Å². The standard InChI is InChI=1S/C19H17Cl2N3O2/c1-24(12-14-8-5-9-15(20)18(14)21)17(25)11-10-16-22-23-19(26-16)13-6-3-2-4-7-13/h2-9H,10-12H2,1H3. The monoisotopic (exact) mass is 389 g/mol. The third-order valence-corrected chi connectivity index (χ3v) is 4.76. The molecule has 0 aliphatic carbocycles. The van der Waals surface area contributed by atoms with E-state index in [1.807, 2.05) is 42.5 Å². The van der Waals surface area contributed by atoms with Crippen LogP contribution in [0.15, 0.2) is 52.9 Å². The normalized spacial score (nSPS) is 10.7. The van der Waals surface area contributed by atoms with Gasteiger partial charge < -0.3 is 9.32 Å². The Bertz CT molecular complexity index is 897. The van der Waals surface area contributed by atoms with Gasteiger partial charge in [-0.3, -0.25) is 4.79 Å². The van der Waals surface area contributed by atoms with E-state index in [4.69, 9.17) is 27.6 Å². The van der Waals surface area contributed by atoms with Gasteiger partial charge in [0.05, 0.1) is 10.0 Å². The molecule has 0 spiro atoms. The average Bonchev–Trinajstić information content (AvgIpc) is 3.13. The minimum Gasteiger partial charge on any atom is -0.421 e. The van der Waals surface area contributed by atoms with Crippen molar-refractivity contribution >= 4 is 29.1 Å². The number of carbonyl (C=O) groups is 1. The molecule has 3 aromatic rings. The second-order valence-corrected chi connectivity index (χ2v) is 6.61. The van der Waals surface area contributed by atoms with Gasteiger partial charge in [0.25, 0.3) is 0 Å². The predicted octanol–water partition coefficient (Wildman–Crippen LogP) is 4.63. The SMILES string of the molecule is CN(Cc1cccc(Cl)c1Cl)C(=O)CCc1nnc(-c2ccccc2)o1. The van der Waals surface area contributed by atoms with Crippen molar-refractivity contribution in [1.29, 1.82) is 0 Å². The van der Waals surface area contributed by atoms with E-state index >= 15 is 0 Å². The highest BCUT2D eigenvalue weighted by molar-refractivity contribution is 6.42. The number of carbonyl (C=O) groups excluding carboxylic acids is 1. The Morgan fingerprint density at radius 1 is 1.08 bits per heavy atom. The molecule has 2 aromatic carbocycles. The summed E-state index contributed by atoms with van der Waals surface area (Å²) in [7, 11) is 1.72. The van der Waals surface area contributed by atoms with Crippen molar-refractivity contribution in [2.24, 2.45) is 0 Å². The van der Waals surface area contributed by atoms with Crippen molar-refractivity contribution in [3.63, 3.8) is 0 Å². The summed E-state index contributed by atoms with van der Waals surface area (Å²) in [6.07, 6.45) is 0.650. The lowest BCUT2D eigenvalue weighted by molar-refractivity contribution is -0.130. The van der Waals surface area contributed by atoms with E-state index in [9.17, 15) is 4.79 Å². The highest BCUT2D eigenvalue weighted by Gasteiger charge is 2.15. The van der Waals surface area contributed by atoms with E-state index in [-0.39, 0.29) is 12.3 Å². The number of benzene rings is 2. The largest absolute Gasteiger partial charge is 0.421 e. The van der Waals surface area contributed by atoms with Gasteiger partial charge in [-0.05, 0) is 23.8 Å². The molecule has 0 aliphatic heterocycles. The maximum absolute atomic E-state index is 12.4. The number of hydrogen-bond acceptors (Lipinski definition) is 4. The molecule has 0 bridgehead atoms. The maximum Gasteiger partial charge on any atom is 0.247 e. The molecule has 1 amide bonds. The zero-order valence-electron chi connectivity index (χ0n) is 14.2. The quantitative estimate of drug-likeness (QED) is 0.616. The molecule has 26 heavy (non-hydrogen) atoms. The summed E-state index contributed by atoms with van der Waals surface area (Å²) in [4.78, 5) is 14.0. The number of aryl methyl sites for hydroxylation is 1. The molecule has 0 saturated heterocycles. The van der Waals surface area contributed by atoms with Gasteiger partial charge in [-0.2, -0.15) is 0 Å². The molecule has 0 atom stereocenters. The summed E-state index contributed by atoms with van der Waals surface area (Å²) in [6, 6.07) is 14.9. The van der Waals surface area contributed by atoms with Crippen LogP contribution >= 0.6 is 23.2 Å². The molecule has 0 N–H and O–H groups in total. The van der Waals surface area contributed by atoms with Crippen LogP contribution in [0.25, 0.3) is 11.5 Å². The van der Waals surface area contributed by atoms with Gasteiger partial charge in [-0.1, -0.05) is 53.5 Å². The lowest BCUT2D eigenvalue weighted by Crippen LogP contribution is -2.26. The molecule has 5 nitrogen and oxygen atoms in total. The zero-order chi connectivity index (χ0) is 18.5. The Balaban J connectivity index is 1.57. The molecular weight excluding hydrogens is 373 g/mol. The summed E-state index contributed by atoms with van der Waals surface area (Å²) in [5.41, 5.74) is 1.66. The molecule has 134 valence electrons. The molecule has 0 unspecified atom stereocenters. The first-order chi connectivity index (χ1) is 12.5. The third kappa shape index (κ3) is 4.42. The highest BCUT2D eigenvalue weighted by Crippen LogP contribution is 2.26. The Morgan fingerprint density at radius 3 is 2.62 bits per heavy atom. The minimum absolute atomic E-state index is 0.0412. The van der Waals surface area contributed by atoms with Gasteiger partial charge >= 0.3 is 0 Å². The Labute approximate surface area is 161 Å². The number of amides is 1. The molecule has 0 saturated carbocycles. The van der Waals surface area contributed by atoms with Crippen LogP contribution < -0.4 is 0 Å². The number of rotatable bonds is 6. The van der Waals surface area contributed by atoms with E-state index in [2.05, 4.69) is 10.2 Å². The summed E-state index contributed by atoms with van der Waals surface area (Å²) in [6.45, 7) is 0.386. The summed E-state index contributed by atoms with van der Waals surface area (Å²) < 4.78 is 5.62. The van der Waals surface area contributed by atoms with E-state index < -0.39 is 0 Å². The van der Waals surface area contributed by atoms with Crippen molar-refractivity contribution < 1.29 is 9.21 Å². The molecule has 1 heterocycles. The van der Waals surface area contributed by atoms with Gasteiger partial charge in [0.2, 0.25) is 17.7 Å². The first-order valence-corrected chi connectivity index (χ1v) is 8.85. The number of nitrogens with zero attached hydrogens (tertiary/aromatic N) is 3. The fraction of sp³-hybridized carbons (Fsp3) is 0.211. The summed E-state index contributed by atoms with van der Waals surface area (Å²) >= 11 is 12.2. The first kappa shape index (κ1) is 18.4. The fourth-order valence-electron chi connectivity index (χ4n) is 2.47. The Hall–Kier alpha value is -2.37. The van der Waals surface area contributed by atoms with E-state index in [0.29, 0.717) is 34.8 Å². The number of halogens is 2. The van der Waals surface area contributed by atoms with Gasteiger partial charge in [0.1, 0.15) is 0 Å². The van der Waals surface area contributed by atoms with Gasteiger partial charge in [0, 0.05) is 32.0 Å². The van der Waals surface area contributed by atoms with E-state index in [0.717, 1.165) is 11.1 Å². The fourth-order valence-corrected chi connectivity index (χ4v) is 2.85. The van der Waals surface area contributed by atoms with Crippen molar-refractivity contribution in [2.45, 2.75) is 19.4 Å². The van der Waals surface area contributed by atoms with Gasteiger partial charge in [-0.15, -0.1) is 10.2 Å². The van der Waals surface area contributed by atoms with E-state index in [1.165, 1.54) is 0 Å². The molecule has 0 aliphatic rings. The van der Waals surface area contributed by atoms with Crippen LogP contribution in [0.5, 0.6) is 0 Å². The molecular formula is C19H17Cl2N3O2. The third-order valence-electron chi connectivity index (χ3n) is 3.91. The van der Waals surface area contributed by atoms with E-state index in [1.54, 1.807) is 18.0 Å². The number of aromatic nitrogens is 2. The average molecular weight is 390 g/mol. The molecule has 7 heteroatoms. The molecule has 0 fully saturated rings. The van der Waals surface area contributed by atoms with Crippen molar-refractivity contribution in [3.8, 4) is 11.5 Å². The van der Waals surface area contributed by atoms with Crippen LogP contribution in [0, 0.1) is 0 Å². The topological polar surface area (TPSA) is 59.2 Å². The lowest BCUT2D eigenvalue weighted by Gasteiger charge is -2.18. The zero-order valence-corrected chi connectivity index (χ0v) is 15.7.